The van der Waals surface area contributed by atoms with Crippen LogP contribution in [-0.2, 0) is 4.79 Å². The van der Waals surface area contributed by atoms with Crippen LogP contribution in [0.25, 0.3) is 6.08 Å². The molecule has 4 heteroatoms. The smallest absolute Gasteiger partial charge is 0.262 e. The van der Waals surface area contributed by atoms with Gasteiger partial charge in [-0.2, -0.15) is 0 Å². The van der Waals surface area contributed by atoms with Gasteiger partial charge in [0.25, 0.3) is 5.91 Å². The molecule has 0 atom stereocenters. The van der Waals surface area contributed by atoms with Crippen LogP contribution in [0.2, 0.25) is 0 Å². The standard InChI is InChI=1S/C18H13NO2S/c1-2-11-21-14-9-7-13(8-10-14)12-17-18(20)19-15-5-3-4-6-16(15)22-17/h1,3-10,12H,11H2,(H,19,20)/b17-12-. The van der Waals surface area contributed by atoms with E-state index in [0.717, 1.165) is 16.1 Å². The molecule has 2 aromatic rings. The van der Waals surface area contributed by atoms with E-state index < -0.39 is 0 Å². The summed E-state index contributed by atoms with van der Waals surface area (Å²) in [5, 5.41) is 2.89. The number of ether oxygens (including phenoxy) is 1. The van der Waals surface area contributed by atoms with Crippen molar-refractivity contribution in [1.29, 1.82) is 0 Å². The average molecular weight is 307 g/mol. The number of hydrogen-bond acceptors (Lipinski definition) is 3. The predicted octanol–water partition coefficient (Wildman–Crippen LogP) is 3.78. The molecule has 1 heterocycles. The zero-order valence-electron chi connectivity index (χ0n) is 11.7. The van der Waals surface area contributed by atoms with E-state index in [1.807, 2.05) is 54.6 Å². The molecule has 3 rings (SSSR count). The minimum atomic E-state index is -0.0867. The third-order valence-corrected chi connectivity index (χ3v) is 4.18. The number of fused-ring (bicyclic) bond motifs is 1. The van der Waals surface area contributed by atoms with Crippen LogP contribution in [0.3, 0.4) is 0 Å². The Morgan fingerprint density at radius 2 is 1.95 bits per heavy atom. The first-order valence-corrected chi connectivity index (χ1v) is 7.54. The molecule has 0 spiro atoms. The zero-order chi connectivity index (χ0) is 15.4. The number of carbonyl (C=O) groups is 1. The Bertz CT molecular complexity index is 772. The fourth-order valence-electron chi connectivity index (χ4n) is 2.04. The van der Waals surface area contributed by atoms with E-state index in [1.165, 1.54) is 11.8 Å². The minimum absolute atomic E-state index is 0.0867. The van der Waals surface area contributed by atoms with Crippen LogP contribution in [-0.4, -0.2) is 12.5 Å². The number of thioether (sulfide) groups is 1. The maximum absolute atomic E-state index is 12.1. The third kappa shape index (κ3) is 3.16. The van der Waals surface area contributed by atoms with E-state index in [-0.39, 0.29) is 12.5 Å². The van der Waals surface area contributed by atoms with Gasteiger partial charge in [0.2, 0.25) is 0 Å². The summed E-state index contributed by atoms with van der Waals surface area (Å²) in [7, 11) is 0. The van der Waals surface area contributed by atoms with Crippen molar-refractivity contribution >= 4 is 29.4 Å². The second kappa shape index (κ2) is 6.42. The molecule has 22 heavy (non-hydrogen) atoms. The lowest BCUT2D eigenvalue weighted by Crippen LogP contribution is -2.17. The van der Waals surface area contributed by atoms with Crippen LogP contribution >= 0.6 is 11.8 Å². The van der Waals surface area contributed by atoms with E-state index >= 15 is 0 Å². The Hall–Kier alpha value is -2.64. The maximum Gasteiger partial charge on any atom is 0.262 e. The first-order valence-electron chi connectivity index (χ1n) is 6.72. The van der Waals surface area contributed by atoms with Gasteiger partial charge >= 0.3 is 0 Å². The van der Waals surface area contributed by atoms with Gasteiger partial charge in [-0.15, -0.1) is 6.42 Å². The van der Waals surface area contributed by atoms with Crippen molar-refractivity contribution in [2.75, 3.05) is 11.9 Å². The largest absolute Gasteiger partial charge is 0.481 e. The van der Waals surface area contributed by atoms with Crippen molar-refractivity contribution in [2.45, 2.75) is 4.90 Å². The second-order valence-electron chi connectivity index (χ2n) is 4.62. The topological polar surface area (TPSA) is 38.3 Å². The summed E-state index contributed by atoms with van der Waals surface area (Å²) in [6, 6.07) is 15.2. The normalized spacial score (nSPS) is 14.9. The molecule has 1 N–H and O–H groups in total. The first kappa shape index (κ1) is 14.3. The van der Waals surface area contributed by atoms with E-state index in [1.54, 1.807) is 0 Å². The number of anilines is 1. The molecule has 0 saturated heterocycles. The molecule has 3 nitrogen and oxygen atoms in total. The summed E-state index contributed by atoms with van der Waals surface area (Å²) in [5.74, 6) is 3.05. The van der Waals surface area contributed by atoms with Crippen LogP contribution in [0.1, 0.15) is 5.56 Å². The fraction of sp³-hybridized carbons (Fsp3) is 0.0556. The van der Waals surface area contributed by atoms with Crippen LogP contribution in [0.5, 0.6) is 5.75 Å². The number of rotatable bonds is 3. The summed E-state index contributed by atoms with van der Waals surface area (Å²) < 4.78 is 5.33. The Morgan fingerprint density at radius 1 is 1.18 bits per heavy atom. The van der Waals surface area contributed by atoms with Gasteiger partial charge < -0.3 is 10.1 Å². The monoisotopic (exact) mass is 307 g/mol. The van der Waals surface area contributed by atoms with Crippen LogP contribution in [0, 0.1) is 12.3 Å². The van der Waals surface area contributed by atoms with Crippen molar-refractivity contribution in [3.63, 3.8) is 0 Å². The van der Waals surface area contributed by atoms with Gasteiger partial charge in [-0.05, 0) is 35.9 Å². The zero-order valence-corrected chi connectivity index (χ0v) is 12.5. The Labute approximate surface area is 133 Å². The summed E-state index contributed by atoms with van der Waals surface area (Å²) in [4.78, 5) is 13.8. The summed E-state index contributed by atoms with van der Waals surface area (Å²) in [5.41, 5.74) is 1.79. The molecule has 0 radical (unpaired) electrons. The van der Waals surface area contributed by atoms with Crippen molar-refractivity contribution in [1.82, 2.24) is 0 Å². The lowest BCUT2D eigenvalue weighted by molar-refractivity contribution is -0.112. The lowest BCUT2D eigenvalue weighted by atomic mass is 10.2. The van der Waals surface area contributed by atoms with Gasteiger partial charge in [-0.25, -0.2) is 0 Å². The van der Waals surface area contributed by atoms with Crippen molar-refractivity contribution < 1.29 is 9.53 Å². The molecular weight excluding hydrogens is 294 g/mol. The Morgan fingerprint density at radius 3 is 2.73 bits per heavy atom. The van der Waals surface area contributed by atoms with Crippen molar-refractivity contribution in [3.8, 4) is 18.1 Å². The molecule has 0 unspecified atom stereocenters. The van der Waals surface area contributed by atoms with E-state index in [4.69, 9.17) is 11.2 Å². The highest BCUT2D eigenvalue weighted by Gasteiger charge is 2.20. The SMILES string of the molecule is C#CCOc1ccc(/C=C2\Sc3ccccc3NC2=O)cc1. The van der Waals surface area contributed by atoms with Crippen LogP contribution < -0.4 is 10.1 Å². The van der Waals surface area contributed by atoms with Gasteiger partial charge in [0.1, 0.15) is 12.4 Å². The number of carbonyl (C=O) groups excluding carboxylic acids is 1. The molecular formula is C18H13NO2S. The highest BCUT2D eigenvalue weighted by atomic mass is 32.2. The van der Waals surface area contributed by atoms with Crippen LogP contribution in [0.15, 0.2) is 58.3 Å². The van der Waals surface area contributed by atoms with Gasteiger partial charge in [0, 0.05) is 4.90 Å². The third-order valence-electron chi connectivity index (χ3n) is 3.08. The molecule has 2 aromatic carbocycles. The molecule has 108 valence electrons. The molecule has 0 aliphatic carbocycles. The van der Waals surface area contributed by atoms with Crippen molar-refractivity contribution in [3.05, 3.63) is 59.0 Å². The van der Waals surface area contributed by atoms with E-state index in [0.29, 0.717) is 10.7 Å². The highest BCUT2D eigenvalue weighted by Crippen LogP contribution is 2.38. The number of para-hydroxylation sites is 1. The predicted molar refractivity (Wildman–Crippen MR) is 89.7 cm³/mol. The molecule has 0 bridgehead atoms. The number of nitrogens with one attached hydrogen (secondary N) is 1. The van der Waals surface area contributed by atoms with Gasteiger partial charge in [-0.1, -0.05) is 41.9 Å². The molecule has 1 aliphatic heterocycles. The Balaban J connectivity index is 1.80. The summed E-state index contributed by atoms with van der Waals surface area (Å²) in [6.45, 7) is 0.246. The quantitative estimate of drug-likeness (QED) is 0.692. The number of terminal acetylenes is 1. The van der Waals surface area contributed by atoms with E-state index in [2.05, 4.69) is 11.2 Å². The second-order valence-corrected chi connectivity index (χ2v) is 5.71. The summed E-state index contributed by atoms with van der Waals surface area (Å²) in [6.07, 6.45) is 7.01. The summed E-state index contributed by atoms with van der Waals surface area (Å²) >= 11 is 1.47. The molecule has 1 amide bonds. The van der Waals surface area contributed by atoms with Gasteiger partial charge in [0.15, 0.2) is 0 Å². The van der Waals surface area contributed by atoms with Crippen molar-refractivity contribution in [2.24, 2.45) is 0 Å². The van der Waals surface area contributed by atoms with E-state index in [9.17, 15) is 4.79 Å². The molecule has 0 saturated carbocycles. The number of hydrogen-bond donors (Lipinski definition) is 1. The lowest BCUT2D eigenvalue weighted by Gasteiger charge is -2.18. The average Bonchev–Trinajstić information content (AvgIpc) is 2.55. The number of benzene rings is 2. The van der Waals surface area contributed by atoms with Crippen LogP contribution in [0.4, 0.5) is 5.69 Å². The maximum atomic E-state index is 12.1. The minimum Gasteiger partial charge on any atom is -0.481 e. The van der Waals surface area contributed by atoms with Gasteiger partial charge in [0.05, 0.1) is 10.6 Å². The highest BCUT2D eigenvalue weighted by molar-refractivity contribution is 8.04. The molecule has 1 aliphatic rings. The molecule has 0 aromatic heterocycles. The number of amides is 1. The first-order chi connectivity index (χ1) is 10.8. The Kier molecular flexibility index (Phi) is 4.17. The fourth-order valence-corrected chi connectivity index (χ4v) is 2.99. The van der Waals surface area contributed by atoms with Gasteiger partial charge in [-0.3, -0.25) is 4.79 Å². The molecule has 0 fully saturated rings.